The molecule has 1 aromatic heterocycles. The summed E-state index contributed by atoms with van der Waals surface area (Å²) in [5, 5.41) is 0.873. The Labute approximate surface area is 128 Å². The van der Waals surface area contributed by atoms with Crippen molar-refractivity contribution in [1.82, 2.24) is 4.98 Å². The number of aromatic nitrogens is 1. The summed E-state index contributed by atoms with van der Waals surface area (Å²) in [6.07, 6.45) is 0. The quantitative estimate of drug-likeness (QED) is 0.728. The first-order valence-corrected chi connectivity index (χ1v) is 8.19. The van der Waals surface area contributed by atoms with E-state index in [1.165, 1.54) is 12.1 Å². The molecule has 2 aromatic carbocycles. The average Bonchev–Trinajstić information content (AvgIpc) is 2.48. The molecule has 0 bridgehead atoms. The van der Waals surface area contributed by atoms with Crippen LogP contribution in [-0.2, 0) is 10.0 Å². The fourth-order valence-electron chi connectivity index (χ4n) is 2.21. The lowest BCUT2D eigenvalue weighted by atomic mass is 10.2. The van der Waals surface area contributed by atoms with Gasteiger partial charge in [-0.3, -0.25) is 9.71 Å². The van der Waals surface area contributed by atoms with Gasteiger partial charge in [0.1, 0.15) is 0 Å². The van der Waals surface area contributed by atoms with Crippen molar-refractivity contribution in [3.05, 3.63) is 60.3 Å². The Bertz CT molecular complexity index is 953. The highest BCUT2D eigenvalue weighted by atomic mass is 32.2. The zero-order valence-corrected chi connectivity index (χ0v) is 12.8. The van der Waals surface area contributed by atoms with Crippen molar-refractivity contribution in [3.8, 4) is 0 Å². The van der Waals surface area contributed by atoms with E-state index in [9.17, 15) is 8.42 Å². The Kier molecular flexibility index (Phi) is 3.46. The number of hydrogen-bond acceptors (Lipinski definition) is 4. The Balaban J connectivity index is 2.08. The topological polar surface area (TPSA) is 85.1 Å². The fraction of sp³-hybridized carbons (Fsp3) is 0.0625. The van der Waals surface area contributed by atoms with Crippen LogP contribution >= 0.6 is 0 Å². The molecule has 22 heavy (non-hydrogen) atoms. The Hall–Kier alpha value is -2.60. The first-order valence-electron chi connectivity index (χ1n) is 6.70. The SMILES string of the molecule is Cc1ccc2cccc(NS(=O)(=O)c3cccc(N)c3)c2n1. The van der Waals surface area contributed by atoms with Gasteiger partial charge in [0, 0.05) is 16.8 Å². The number of nitrogens with zero attached hydrogens (tertiary/aromatic N) is 1. The van der Waals surface area contributed by atoms with Crippen LogP contribution in [0, 0.1) is 6.92 Å². The van der Waals surface area contributed by atoms with Gasteiger partial charge in [-0.2, -0.15) is 0 Å². The van der Waals surface area contributed by atoms with Crippen molar-refractivity contribution < 1.29 is 8.42 Å². The van der Waals surface area contributed by atoms with E-state index >= 15 is 0 Å². The molecule has 0 atom stereocenters. The zero-order chi connectivity index (χ0) is 15.7. The molecule has 0 amide bonds. The van der Waals surface area contributed by atoms with Gasteiger partial charge in [-0.15, -0.1) is 0 Å². The maximum absolute atomic E-state index is 12.5. The van der Waals surface area contributed by atoms with Gasteiger partial charge >= 0.3 is 0 Å². The van der Waals surface area contributed by atoms with Crippen molar-refractivity contribution in [2.24, 2.45) is 0 Å². The van der Waals surface area contributed by atoms with Gasteiger partial charge < -0.3 is 5.73 Å². The van der Waals surface area contributed by atoms with Gasteiger partial charge in [0.05, 0.1) is 16.1 Å². The number of anilines is 2. The van der Waals surface area contributed by atoms with Gasteiger partial charge in [0.2, 0.25) is 0 Å². The predicted molar refractivity (Wildman–Crippen MR) is 88.1 cm³/mol. The number of rotatable bonds is 3. The third-order valence-electron chi connectivity index (χ3n) is 3.27. The molecule has 0 unspecified atom stereocenters. The minimum Gasteiger partial charge on any atom is -0.399 e. The van der Waals surface area contributed by atoms with Crippen LogP contribution in [-0.4, -0.2) is 13.4 Å². The number of nitrogen functional groups attached to an aromatic ring is 1. The normalized spacial score (nSPS) is 11.5. The zero-order valence-electron chi connectivity index (χ0n) is 11.9. The molecule has 1 heterocycles. The summed E-state index contributed by atoms with van der Waals surface area (Å²) in [4.78, 5) is 4.54. The van der Waals surface area contributed by atoms with Gasteiger partial charge in [-0.25, -0.2) is 8.42 Å². The maximum atomic E-state index is 12.5. The molecule has 112 valence electrons. The summed E-state index contributed by atoms with van der Waals surface area (Å²) in [5.41, 5.74) is 7.94. The number of nitrogens with two attached hydrogens (primary N) is 1. The van der Waals surface area contributed by atoms with Crippen LogP contribution in [0.25, 0.3) is 10.9 Å². The number of sulfonamides is 1. The summed E-state index contributed by atoms with van der Waals surface area (Å²) >= 11 is 0. The van der Waals surface area contributed by atoms with E-state index in [4.69, 9.17) is 5.73 Å². The molecule has 0 fully saturated rings. The lowest BCUT2D eigenvalue weighted by Gasteiger charge is -2.11. The van der Waals surface area contributed by atoms with Crippen LogP contribution in [0.4, 0.5) is 11.4 Å². The molecule has 3 N–H and O–H groups in total. The van der Waals surface area contributed by atoms with E-state index in [2.05, 4.69) is 9.71 Å². The van der Waals surface area contributed by atoms with E-state index in [1.807, 2.05) is 25.1 Å². The number of hydrogen-bond donors (Lipinski definition) is 2. The van der Waals surface area contributed by atoms with Crippen LogP contribution in [0.3, 0.4) is 0 Å². The van der Waals surface area contributed by atoms with Crippen LogP contribution in [0.5, 0.6) is 0 Å². The number of para-hydroxylation sites is 1. The standard InChI is InChI=1S/C16H15N3O2S/c1-11-8-9-12-4-2-7-15(16(12)18-11)19-22(20,21)14-6-3-5-13(17)10-14/h2-10,19H,17H2,1H3. The van der Waals surface area contributed by atoms with Crippen LogP contribution in [0.2, 0.25) is 0 Å². The lowest BCUT2D eigenvalue weighted by molar-refractivity contribution is 0.601. The molecule has 0 saturated heterocycles. The van der Waals surface area contributed by atoms with Crippen molar-refractivity contribution in [2.45, 2.75) is 11.8 Å². The van der Waals surface area contributed by atoms with Crippen LogP contribution < -0.4 is 10.5 Å². The average molecular weight is 313 g/mol. The largest absolute Gasteiger partial charge is 0.399 e. The summed E-state index contributed by atoms with van der Waals surface area (Å²) in [6.45, 7) is 1.86. The Morgan fingerprint density at radius 2 is 1.82 bits per heavy atom. The van der Waals surface area contributed by atoms with E-state index in [0.29, 0.717) is 16.9 Å². The number of fused-ring (bicyclic) bond motifs is 1. The van der Waals surface area contributed by atoms with E-state index < -0.39 is 10.0 Å². The minimum absolute atomic E-state index is 0.122. The van der Waals surface area contributed by atoms with Crippen LogP contribution in [0.1, 0.15) is 5.69 Å². The third-order valence-corrected chi connectivity index (χ3v) is 4.64. The molecule has 0 aliphatic rings. The monoisotopic (exact) mass is 313 g/mol. The molecule has 0 saturated carbocycles. The number of pyridine rings is 1. The molecule has 0 radical (unpaired) electrons. The highest BCUT2D eigenvalue weighted by molar-refractivity contribution is 7.92. The highest BCUT2D eigenvalue weighted by Crippen LogP contribution is 2.25. The molecule has 5 nitrogen and oxygen atoms in total. The third kappa shape index (κ3) is 2.73. The molecule has 3 rings (SSSR count). The predicted octanol–water partition coefficient (Wildman–Crippen LogP) is 2.93. The first-order chi connectivity index (χ1) is 10.5. The number of nitrogens with one attached hydrogen (secondary N) is 1. The lowest BCUT2D eigenvalue weighted by Crippen LogP contribution is -2.13. The van der Waals surface area contributed by atoms with Gasteiger partial charge in [-0.05, 0) is 37.3 Å². The molecule has 0 aliphatic heterocycles. The van der Waals surface area contributed by atoms with E-state index in [1.54, 1.807) is 24.3 Å². The second kappa shape index (κ2) is 5.31. The smallest absolute Gasteiger partial charge is 0.262 e. The summed E-state index contributed by atoms with van der Waals surface area (Å²) in [5.74, 6) is 0. The molecular weight excluding hydrogens is 298 g/mol. The van der Waals surface area contributed by atoms with E-state index in [-0.39, 0.29) is 4.90 Å². The van der Waals surface area contributed by atoms with Crippen molar-refractivity contribution >= 4 is 32.3 Å². The van der Waals surface area contributed by atoms with Crippen molar-refractivity contribution in [2.75, 3.05) is 10.5 Å². The first kappa shape index (κ1) is 14.3. The molecule has 0 spiro atoms. The minimum atomic E-state index is -3.71. The van der Waals surface area contributed by atoms with Crippen LogP contribution in [0.15, 0.2) is 59.5 Å². The molecule has 6 heteroatoms. The number of aryl methyl sites for hydroxylation is 1. The summed E-state index contributed by atoms with van der Waals surface area (Å²) < 4.78 is 27.6. The van der Waals surface area contributed by atoms with Gasteiger partial charge in [0.25, 0.3) is 10.0 Å². The van der Waals surface area contributed by atoms with Crippen molar-refractivity contribution in [1.29, 1.82) is 0 Å². The maximum Gasteiger partial charge on any atom is 0.262 e. The molecule has 3 aromatic rings. The molecular formula is C16H15N3O2S. The summed E-state index contributed by atoms with van der Waals surface area (Å²) in [6, 6.07) is 15.3. The Morgan fingerprint density at radius 3 is 2.59 bits per heavy atom. The molecule has 0 aliphatic carbocycles. The Morgan fingerprint density at radius 1 is 1.05 bits per heavy atom. The summed E-state index contributed by atoms with van der Waals surface area (Å²) in [7, 11) is -3.71. The fourth-order valence-corrected chi connectivity index (χ4v) is 3.33. The van der Waals surface area contributed by atoms with Gasteiger partial charge in [0.15, 0.2) is 0 Å². The second-order valence-corrected chi connectivity index (χ2v) is 6.69. The number of benzene rings is 2. The second-order valence-electron chi connectivity index (χ2n) is 5.01. The van der Waals surface area contributed by atoms with Crippen molar-refractivity contribution in [3.63, 3.8) is 0 Å². The van der Waals surface area contributed by atoms with Gasteiger partial charge in [-0.1, -0.05) is 24.3 Å². The highest BCUT2D eigenvalue weighted by Gasteiger charge is 2.16. The van der Waals surface area contributed by atoms with E-state index in [0.717, 1.165) is 11.1 Å².